The van der Waals surface area contributed by atoms with Gasteiger partial charge in [-0.1, -0.05) is 227 Å². The predicted molar refractivity (Wildman–Crippen MR) is 323 cm³/mol. The molecule has 0 rings (SSSR count). The van der Waals surface area contributed by atoms with Crippen LogP contribution in [-0.4, -0.2) is 74.3 Å². The van der Waals surface area contributed by atoms with E-state index in [1.54, 1.807) is 0 Å². The van der Waals surface area contributed by atoms with E-state index < -0.39 is 20.0 Å². The number of phosphoric ester groups is 1. The SMILES string of the molecule is CCCCC/C=C\C/C=C\C/C=C\C/C=C\CCCC(=O)OC(/C=C/CCCCCCCCCCCCC)C(COP(=O)(O)OCC[N+](C)(C)C)NC(=O)CCCCCCCC/C=C\C/C=C\C/C=C\CCCCC. The number of hydrogen-bond donors (Lipinski definition) is 2. The highest BCUT2D eigenvalue weighted by Gasteiger charge is 2.30. The lowest BCUT2D eigenvalue weighted by Gasteiger charge is -2.27. The maximum absolute atomic E-state index is 13.5. The number of allylic oxidation sites excluding steroid dienone is 15. The molecule has 0 aromatic carbocycles. The third-order valence-corrected chi connectivity index (χ3v) is 14.0. The van der Waals surface area contributed by atoms with Gasteiger partial charge in [0.05, 0.1) is 33.8 Å². The first kappa shape index (κ1) is 71.9. The second-order valence-electron chi connectivity index (χ2n) is 21.5. The number of ether oxygens (including phenoxy) is 1. The Balaban J connectivity index is 5.43. The summed E-state index contributed by atoms with van der Waals surface area (Å²) in [5.41, 5.74) is 0. The summed E-state index contributed by atoms with van der Waals surface area (Å²) in [6, 6.07) is -0.883. The molecule has 0 aliphatic rings. The van der Waals surface area contributed by atoms with Crippen LogP contribution in [0.15, 0.2) is 97.2 Å². The molecule has 3 unspecified atom stereocenters. The number of nitrogens with zero attached hydrogens (tertiary/aromatic N) is 1. The normalized spacial score (nSPS) is 14.4. The fourth-order valence-electron chi connectivity index (χ4n) is 8.23. The molecule has 0 aromatic rings. The molecule has 0 saturated heterocycles. The van der Waals surface area contributed by atoms with Gasteiger partial charge in [-0.15, -0.1) is 0 Å². The van der Waals surface area contributed by atoms with Crippen molar-refractivity contribution >= 4 is 19.7 Å². The molecule has 1 amide bonds. The smallest absolute Gasteiger partial charge is 0.456 e. The summed E-state index contributed by atoms with van der Waals surface area (Å²) in [6.45, 7) is 6.90. The first-order chi connectivity index (χ1) is 36.4. The van der Waals surface area contributed by atoms with Gasteiger partial charge in [-0.05, 0) is 109 Å². The average molecular weight is 1070 g/mol. The van der Waals surface area contributed by atoms with E-state index >= 15 is 0 Å². The zero-order valence-corrected chi connectivity index (χ0v) is 50.2. The molecule has 0 aliphatic heterocycles. The summed E-state index contributed by atoms with van der Waals surface area (Å²) in [6.07, 6.45) is 72.6. The lowest BCUT2D eigenvalue weighted by Crippen LogP contribution is -2.47. The molecule has 0 spiro atoms. The van der Waals surface area contributed by atoms with E-state index in [0.717, 1.165) is 103 Å². The van der Waals surface area contributed by atoms with Gasteiger partial charge in [-0.3, -0.25) is 18.6 Å². The summed E-state index contributed by atoms with van der Waals surface area (Å²) in [7, 11) is 1.45. The number of hydrogen-bond acceptors (Lipinski definition) is 6. The number of quaternary nitrogens is 1. The van der Waals surface area contributed by atoms with E-state index in [0.29, 0.717) is 23.9 Å². The molecule has 2 N–H and O–H groups in total. The minimum atomic E-state index is -4.47. The van der Waals surface area contributed by atoms with Gasteiger partial charge in [0, 0.05) is 12.8 Å². The van der Waals surface area contributed by atoms with Crippen LogP contribution in [0.5, 0.6) is 0 Å². The summed E-state index contributed by atoms with van der Waals surface area (Å²) in [5.74, 6) is -0.588. The Kier molecular flexibility index (Phi) is 52.1. The number of carbonyl (C=O) groups is 2. The Morgan fingerprint density at radius 3 is 1.27 bits per heavy atom. The lowest BCUT2D eigenvalue weighted by atomic mass is 10.0. The minimum absolute atomic E-state index is 0.0247. The highest BCUT2D eigenvalue weighted by molar-refractivity contribution is 7.47. The Hall–Kier alpha value is -3.07. The topological polar surface area (TPSA) is 111 Å². The fraction of sp³-hybridized carbons (Fsp3) is 0.723. The summed E-state index contributed by atoms with van der Waals surface area (Å²) in [5, 5.41) is 3.03. The zero-order chi connectivity index (χ0) is 55.0. The van der Waals surface area contributed by atoms with Crippen molar-refractivity contribution in [3.8, 4) is 0 Å². The largest absolute Gasteiger partial charge is 0.472 e. The van der Waals surface area contributed by atoms with Crippen molar-refractivity contribution in [2.75, 3.05) is 40.9 Å². The predicted octanol–water partition coefficient (Wildman–Crippen LogP) is 18.8. The number of carbonyl (C=O) groups excluding carboxylic acids is 2. The van der Waals surface area contributed by atoms with Crippen molar-refractivity contribution in [2.45, 2.75) is 264 Å². The minimum Gasteiger partial charge on any atom is -0.456 e. The van der Waals surface area contributed by atoms with Gasteiger partial charge >= 0.3 is 13.8 Å². The van der Waals surface area contributed by atoms with Crippen LogP contribution < -0.4 is 5.32 Å². The van der Waals surface area contributed by atoms with E-state index in [2.05, 4.69) is 111 Å². The van der Waals surface area contributed by atoms with Crippen LogP contribution in [0.3, 0.4) is 0 Å². The number of rotatable bonds is 54. The lowest BCUT2D eigenvalue weighted by molar-refractivity contribution is -0.870. The first-order valence-electron chi connectivity index (χ1n) is 30.6. The van der Waals surface area contributed by atoms with Crippen LogP contribution in [-0.2, 0) is 27.9 Å². The first-order valence-corrected chi connectivity index (χ1v) is 32.1. The number of unbranched alkanes of at least 4 members (excludes halogenated alkanes) is 24. The van der Waals surface area contributed by atoms with Crippen molar-refractivity contribution in [2.24, 2.45) is 0 Å². The summed E-state index contributed by atoms with van der Waals surface area (Å²) < 4.78 is 30.6. The molecular formula is C65H116N2O7P+. The zero-order valence-electron chi connectivity index (χ0n) is 49.3. The van der Waals surface area contributed by atoms with Gasteiger partial charge in [0.2, 0.25) is 5.91 Å². The Labute approximate surface area is 462 Å². The second-order valence-corrected chi connectivity index (χ2v) is 23.0. The Morgan fingerprint density at radius 2 is 0.827 bits per heavy atom. The third-order valence-electron chi connectivity index (χ3n) is 13.0. The average Bonchev–Trinajstić information content (AvgIpc) is 3.37. The fourth-order valence-corrected chi connectivity index (χ4v) is 8.97. The van der Waals surface area contributed by atoms with E-state index in [-0.39, 0.29) is 31.5 Å². The van der Waals surface area contributed by atoms with E-state index in [1.807, 2.05) is 33.3 Å². The van der Waals surface area contributed by atoms with Gasteiger partial charge in [-0.25, -0.2) is 4.57 Å². The van der Waals surface area contributed by atoms with Crippen molar-refractivity contribution in [3.05, 3.63) is 97.2 Å². The van der Waals surface area contributed by atoms with Gasteiger partial charge in [0.15, 0.2) is 0 Å². The van der Waals surface area contributed by atoms with Crippen LogP contribution in [0, 0.1) is 0 Å². The van der Waals surface area contributed by atoms with Crippen LogP contribution in [0.1, 0.15) is 252 Å². The third kappa shape index (κ3) is 55.5. The highest BCUT2D eigenvalue weighted by atomic mass is 31.2. The molecule has 9 nitrogen and oxygen atoms in total. The Bertz CT molecular complexity index is 1610. The van der Waals surface area contributed by atoms with Crippen molar-refractivity contribution in [1.82, 2.24) is 5.32 Å². The maximum Gasteiger partial charge on any atom is 0.472 e. The molecule has 3 atom stereocenters. The van der Waals surface area contributed by atoms with Crippen molar-refractivity contribution in [1.29, 1.82) is 0 Å². The molecule has 0 radical (unpaired) electrons. The number of nitrogens with one attached hydrogen (secondary N) is 1. The van der Waals surface area contributed by atoms with E-state index in [4.69, 9.17) is 13.8 Å². The molecule has 0 aromatic heterocycles. The molecule has 432 valence electrons. The van der Waals surface area contributed by atoms with Crippen molar-refractivity contribution in [3.63, 3.8) is 0 Å². The number of esters is 1. The quantitative estimate of drug-likeness (QED) is 0.0205. The monoisotopic (exact) mass is 1070 g/mol. The van der Waals surface area contributed by atoms with Crippen LogP contribution >= 0.6 is 7.82 Å². The maximum atomic E-state index is 13.5. The van der Waals surface area contributed by atoms with Gasteiger partial charge in [-0.2, -0.15) is 0 Å². The molecule has 0 fully saturated rings. The molecule has 0 aliphatic carbocycles. The molecule has 0 bridgehead atoms. The molecule has 75 heavy (non-hydrogen) atoms. The number of amides is 1. The van der Waals surface area contributed by atoms with Crippen LogP contribution in [0.25, 0.3) is 0 Å². The molecule has 0 heterocycles. The number of phosphoric acid groups is 1. The van der Waals surface area contributed by atoms with Gasteiger partial charge in [0.1, 0.15) is 19.3 Å². The number of likely N-dealkylation sites (N-methyl/N-ethyl adjacent to an activating group) is 1. The van der Waals surface area contributed by atoms with Crippen molar-refractivity contribution < 1.29 is 37.3 Å². The second kappa shape index (κ2) is 54.3. The standard InChI is InChI=1S/C65H115N2O7P/c1-7-10-13-16-19-22-25-28-30-32-33-35-36-39-42-45-48-51-54-57-64(68)66-62(61-73-75(70,71)72-60-59-67(4,5)6)63(56-53-50-47-44-41-38-27-24-21-18-15-12-9-3)74-65(69)58-55-52-49-46-43-40-37-34-31-29-26-23-20-17-14-11-8-2/h19-20,22-23,28-31,33,35,37,40,46,49,53,56,62-63H,7-18,21,24-27,32,34,36,38-39,41-45,47-48,50-52,54-55,57-61H2,1-6H3,(H-,66,68,70,71)/p+1/b22-19-,23-20-,30-28-,31-29-,35-33-,40-37-,49-46-,56-53+. The summed E-state index contributed by atoms with van der Waals surface area (Å²) >= 11 is 0. The molecule has 10 heteroatoms. The van der Waals surface area contributed by atoms with E-state index in [9.17, 15) is 19.0 Å². The van der Waals surface area contributed by atoms with Crippen LogP contribution in [0.4, 0.5) is 0 Å². The van der Waals surface area contributed by atoms with E-state index in [1.165, 1.54) is 109 Å². The van der Waals surface area contributed by atoms with Gasteiger partial charge in [0.25, 0.3) is 0 Å². The summed E-state index contributed by atoms with van der Waals surface area (Å²) in [4.78, 5) is 37.7. The van der Waals surface area contributed by atoms with Gasteiger partial charge < -0.3 is 19.4 Å². The molecular weight excluding hydrogens is 952 g/mol. The molecule has 0 saturated carbocycles. The highest BCUT2D eigenvalue weighted by Crippen LogP contribution is 2.43. The Morgan fingerprint density at radius 1 is 0.467 bits per heavy atom. The van der Waals surface area contributed by atoms with Crippen LogP contribution in [0.2, 0.25) is 0 Å².